The molecular weight excluding hydrogens is 416 g/mol. The molecule has 3 heterocycles. The molecule has 1 aromatic carbocycles. The Morgan fingerprint density at radius 3 is 2.76 bits per heavy atom. The highest BCUT2D eigenvalue weighted by molar-refractivity contribution is 8.06. The Hall–Kier alpha value is -2.79. The molecule has 1 aromatic heterocycles. The summed E-state index contributed by atoms with van der Waals surface area (Å²) in [7, 11) is 0. The number of nitrogens with zero attached hydrogens (tertiary/aromatic N) is 3. The number of nitrogens with one attached hydrogen (secondary N) is 1. The van der Waals surface area contributed by atoms with Gasteiger partial charge >= 0.3 is 5.97 Å². The van der Waals surface area contributed by atoms with Crippen LogP contribution >= 0.6 is 23.5 Å². The maximum atomic E-state index is 12.6. The second kappa shape index (κ2) is 7.91. The number of carboxylic acids is 1. The molecule has 150 valence electrons. The SMILES string of the molecule is Cc1nnc(SC2=C(C(=O)O)N3C(=O)[C@@H](NC(=O)Cc4ccccc4)[C@@H]3SC2)o1. The van der Waals surface area contributed by atoms with E-state index in [0.717, 1.165) is 17.3 Å². The number of aryl methyl sites for hydroxylation is 1. The van der Waals surface area contributed by atoms with Crippen LogP contribution in [0, 0.1) is 6.92 Å². The predicted octanol–water partition coefficient (Wildman–Crippen LogP) is 1.41. The van der Waals surface area contributed by atoms with E-state index in [2.05, 4.69) is 15.5 Å². The summed E-state index contributed by atoms with van der Waals surface area (Å²) in [5.74, 6) is -1.21. The maximum absolute atomic E-state index is 12.6. The van der Waals surface area contributed by atoms with Crippen LogP contribution in [0.4, 0.5) is 0 Å². The van der Waals surface area contributed by atoms with Gasteiger partial charge in [0.05, 0.1) is 6.42 Å². The van der Waals surface area contributed by atoms with E-state index < -0.39 is 23.3 Å². The lowest BCUT2D eigenvalue weighted by Gasteiger charge is -2.49. The van der Waals surface area contributed by atoms with Gasteiger partial charge in [-0.05, 0) is 17.3 Å². The van der Waals surface area contributed by atoms with Crippen molar-refractivity contribution in [3.8, 4) is 0 Å². The molecule has 29 heavy (non-hydrogen) atoms. The first-order valence-electron chi connectivity index (χ1n) is 8.66. The number of benzene rings is 1. The third-order valence-electron chi connectivity index (χ3n) is 4.38. The zero-order valence-electron chi connectivity index (χ0n) is 15.2. The average molecular weight is 432 g/mol. The highest BCUT2D eigenvalue weighted by Gasteiger charge is 2.54. The first-order valence-corrected chi connectivity index (χ1v) is 10.5. The summed E-state index contributed by atoms with van der Waals surface area (Å²) in [6, 6.07) is 8.45. The van der Waals surface area contributed by atoms with E-state index in [0.29, 0.717) is 16.5 Å². The van der Waals surface area contributed by atoms with Crippen LogP contribution in [-0.4, -0.2) is 55.2 Å². The number of carboxylic acid groups (broad SMARTS) is 1. The molecule has 2 atom stereocenters. The molecule has 0 radical (unpaired) electrons. The number of rotatable bonds is 6. The first kappa shape index (κ1) is 19.5. The van der Waals surface area contributed by atoms with Gasteiger partial charge in [-0.25, -0.2) is 4.79 Å². The second-order valence-electron chi connectivity index (χ2n) is 6.38. The fourth-order valence-corrected chi connectivity index (χ4v) is 5.47. The van der Waals surface area contributed by atoms with E-state index in [1.807, 2.05) is 30.3 Å². The summed E-state index contributed by atoms with van der Waals surface area (Å²) >= 11 is 2.42. The van der Waals surface area contributed by atoms with E-state index >= 15 is 0 Å². The van der Waals surface area contributed by atoms with E-state index in [1.165, 1.54) is 16.7 Å². The monoisotopic (exact) mass is 432 g/mol. The molecule has 0 spiro atoms. The van der Waals surface area contributed by atoms with Crippen LogP contribution in [0.3, 0.4) is 0 Å². The minimum atomic E-state index is -1.21. The highest BCUT2D eigenvalue weighted by atomic mass is 32.2. The first-order chi connectivity index (χ1) is 13.9. The van der Waals surface area contributed by atoms with Crippen molar-refractivity contribution in [1.82, 2.24) is 20.4 Å². The molecule has 2 aromatic rings. The molecule has 1 fully saturated rings. The topological polar surface area (TPSA) is 126 Å². The number of hydrogen-bond acceptors (Lipinski definition) is 8. The van der Waals surface area contributed by atoms with Crippen LogP contribution < -0.4 is 5.32 Å². The Balaban J connectivity index is 1.47. The lowest BCUT2D eigenvalue weighted by Crippen LogP contribution is -2.70. The smallest absolute Gasteiger partial charge is 0.353 e. The fraction of sp³-hybridized carbons (Fsp3) is 0.278. The van der Waals surface area contributed by atoms with Gasteiger partial charge in [-0.15, -0.1) is 22.0 Å². The molecule has 2 aliphatic heterocycles. The summed E-state index contributed by atoms with van der Waals surface area (Å²) in [5, 5.41) is 19.7. The minimum absolute atomic E-state index is 0.104. The van der Waals surface area contributed by atoms with Crippen molar-refractivity contribution in [2.75, 3.05) is 5.75 Å². The van der Waals surface area contributed by atoms with Crippen molar-refractivity contribution in [3.63, 3.8) is 0 Å². The Bertz CT molecular complexity index is 1010. The van der Waals surface area contributed by atoms with Gasteiger partial charge in [-0.1, -0.05) is 30.3 Å². The molecule has 2 aliphatic rings. The van der Waals surface area contributed by atoms with Crippen molar-refractivity contribution in [2.24, 2.45) is 0 Å². The number of amides is 2. The molecule has 0 unspecified atom stereocenters. The molecule has 9 nitrogen and oxygen atoms in total. The van der Waals surface area contributed by atoms with Crippen molar-refractivity contribution >= 4 is 41.3 Å². The van der Waals surface area contributed by atoms with Gasteiger partial charge in [-0.2, -0.15) is 0 Å². The Labute approximate surface area is 173 Å². The molecule has 0 saturated carbocycles. The molecule has 0 bridgehead atoms. The molecule has 1 saturated heterocycles. The fourth-order valence-electron chi connectivity index (χ4n) is 3.10. The Morgan fingerprint density at radius 2 is 2.10 bits per heavy atom. The zero-order valence-corrected chi connectivity index (χ0v) is 16.8. The van der Waals surface area contributed by atoms with E-state index in [-0.39, 0.29) is 23.2 Å². The lowest BCUT2D eigenvalue weighted by molar-refractivity contribution is -0.150. The Kier molecular flexibility index (Phi) is 5.33. The van der Waals surface area contributed by atoms with Crippen LogP contribution in [-0.2, 0) is 20.8 Å². The molecular formula is C18H16N4O5S2. The predicted molar refractivity (Wildman–Crippen MR) is 105 cm³/mol. The number of β-lactam (4-membered cyclic amide) rings is 1. The zero-order chi connectivity index (χ0) is 20.5. The molecule has 2 N–H and O–H groups in total. The summed E-state index contributed by atoms with van der Waals surface area (Å²) in [4.78, 5) is 38.5. The van der Waals surface area contributed by atoms with Crippen molar-refractivity contribution in [1.29, 1.82) is 0 Å². The summed E-state index contributed by atoms with van der Waals surface area (Å²) in [5.41, 5.74) is 0.734. The number of aliphatic carboxylic acids is 1. The van der Waals surface area contributed by atoms with Gasteiger partial charge in [-0.3, -0.25) is 14.5 Å². The van der Waals surface area contributed by atoms with Crippen molar-refractivity contribution in [2.45, 2.75) is 30.0 Å². The van der Waals surface area contributed by atoms with Gasteiger partial charge < -0.3 is 14.8 Å². The van der Waals surface area contributed by atoms with Gasteiger partial charge in [0, 0.05) is 17.6 Å². The summed E-state index contributed by atoms with van der Waals surface area (Å²) in [6.07, 6.45) is 0.154. The number of aromatic nitrogens is 2. The quantitative estimate of drug-likeness (QED) is 0.652. The van der Waals surface area contributed by atoms with E-state index in [1.54, 1.807) is 6.92 Å². The van der Waals surface area contributed by atoms with Crippen molar-refractivity contribution in [3.05, 3.63) is 52.4 Å². The summed E-state index contributed by atoms with van der Waals surface area (Å²) < 4.78 is 5.30. The van der Waals surface area contributed by atoms with Crippen LogP contribution in [0.25, 0.3) is 0 Å². The lowest BCUT2D eigenvalue weighted by atomic mass is 10.0. The number of hydrogen-bond donors (Lipinski definition) is 2. The van der Waals surface area contributed by atoms with Crippen LogP contribution in [0.1, 0.15) is 11.5 Å². The van der Waals surface area contributed by atoms with E-state index in [4.69, 9.17) is 4.42 Å². The Morgan fingerprint density at radius 1 is 1.34 bits per heavy atom. The normalized spacial score (nSPS) is 20.9. The largest absolute Gasteiger partial charge is 0.477 e. The van der Waals surface area contributed by atoms with Gasteiger partial charge in [0.1, 0.15) is 17.1 Å². The van der Waals surface area contributed by atoms with Gasteiger partial charge in [0.25, 0.3) is 11.1 Å². The molecule has 11 heteroatoms. The summed E-state index contributed by atoms with van der Waals surface area (Å²) in [6.45, 7) is 1.64. The van der Waals surface area contributed by atoms with Crippen LogP contribution in [0.5, 0.6) is 0 Å². The van der Waals surface area contributed by atoms with Gasteiger partial charge in [0.15, 0.2) is 0 Å². The number of carbonyl (C=O) groups is 3. The number of carbonyl (C=O) groups excluding carboxylic acids is 2. The van der Waals surface area contributed by atoms with Crippen molar-refractivity contribution < 1.29 is 23.9 Å². The standard InChI is InChI=1S/C18H16N4O5S2/c1-9-20-21-18(27-9)29-11-8-28-16-13(15(24)22(16)14(11)17(25)26)19-12(23)7-10-5-3-2-4-6-10/h2-6,13,16H,7-8H2,1H3,(H,19,23)(H,25,26)/t13-,16+/m1/s1. The third-order valence-corrected chi connectivity index (χ3v) is 6.76. The molecule has 0 aliphatic carbocycles. The third kappa shape index (κ3) is 3.87. The average Bonchev–Trinajstić information content (AvgIpc) is 3.11. The number of fused-ring (bicyclic) bond motifs is 1. The van der Waals surface area contributed by atoms with Crippen LogP contribution in [0.15, 0.2) is 50.6 Å². The maximum Gasteiger partial charge on any atom is 0.353 e. The van der Waals surface area contributed by atoms with Crippen LogP contribution in [0.2, 0.25) is 0 Å². The minimum Gasteiger partial charge on any atom is -0.477 e. The van der Waals surface area contributed by atoms with Gasteiger partial charge in [0.2, 0.25) is 11.8 Å². The second-order valence-corrected chi connectivity index (χ2v) is 8.53. The molecule has 2 amide bonds. The number of thioether (sulfide) groups is 2. The highest BCUT2D eigenvalue weighted by Crippen LogP contribution is 2.44. The van der Waals surface area contributed by atoms with E-state index in [9.17, 15) is 19.5 Å². The molecule has 4 rings (SSSR count).